The maximum Gasteiger partial charge on any atom is 0.197 e. The number of nitrogens with one attached hydrogen (secondary N) is 1. The van der Waals surface area contributed by atoms with E-state index in [9.17, 15) is 5.21 Å². The second-order valence-electron chi connectivity index (χ2n) is 7.51. The van der Waals surface area contributed by atoms with Crippen LogP contribution in [0.1, 0.15) is 44.9 Å². The molecule has 6 fully saturated rings. The van der Waals surface area contributed by atoms with Gasteiger partial charge in [-0.3, -0.25) is 5.32 Å². The molecule has 1 spiro atoms. The minimum absolute atomic E-state index is 0.0403. The lowest BCUT2D eigenvalue weighted by Crippen LogP contribution is -2.86. The number of nitrogens with zero attached hydrogens (tertiary/aromatic N) is 1. The fourth-order valence-electron chi connectivity index (χ4n) is 6.57. The summed E-state index contributed by atoms with van der Waals surface area (Å²) in [5.41, 5.74) is 0.179. The third-order valence-corrected chi connectivity index (χ3v) is 7.00. The molecule has 5 saturated heterocycles. The molecule has 0 aromatic heterocycles. The Morgan fingerprint density at radius 1 is 1.16 bits per heavy atom. The summed E-state index contributed by atoms with van der Waals surface area (Å²) in [7, 11) is 0. The molecule has 19 heavy (non-hydrogen) atoms. The Hall–Kier alpha value is -0.160. The van der Waals surface area contributed by atoms with E-state index in [1.54, 1.807) is 0 Å². The highest BCUT2D eigenvalue weighted by Gasteiger charge is 2.73. The molecule has 106 valence electrons. The van der Waals surface area contributed by atoms with Gasteiger partial charge in [0.15, 0.2) is 12.4 Å². The Morgan fingerprint density at radius 3 is 3.05 bits per heavy atom. The maximum absolute atomic E-state index is 13.5. The van der Waals surface area contributed by atoms with Gasteiger partial charge in [0.05, 0.1) is 18.1 Å². The lowest BCUT2D eigenvalue weighted by molar-refractivity contribution is -0.995. The second-order valence-corrected chi connectivity index (χ2v) is 7.51. The Balaban J connectivity index is 1.70. The lowest BCUT2D eigenvalue weighted by atomic mass is 9.50. The van der Waals surface area contributed by atoms with E-state index < -0.39 is 0 Å². The summed E-state index contributed by atoms with van der Waals surface area (Å²) in [5, 5.41) is 17.1. The molecule has 0 radical (unpaired) electrons. The quantitative estimate of drug-likeness (QED) is 0.537. The van der Waals surface area contributed by atoms with Crippen LogP contribution in [0.2, 0.25) is 0 Å². The largest absolute Gasteiger partial charge is 0.630 e. The molecule has 6 aliphatic rings. The fraction of sp³-hybridized carbons (Fsp3) is 1.00. The summed E-state index contributed by atoms with van der Waals surface area (Å²) in [4.78, 5) is 0. The van der Waals surface area contributed by atoms with Crippen LogP contribution in [-0.4, -0.2) is 36.2 Å². The predicted octanol–water partition coefficient (Wildman–Crippen LogP) is 1.95. The van der Waals surface area contributed by atoms with Gasteiger partial charge in [-0.05, 0) is 44.4 Å². The molecule has 6 bridgehead atoms. The highest BCUT2D eigenvalue weighted by Crippen LogP contribution is 2.66. The summed E-state index contributed by atoms with van der Waals surface area (Å²) < 4.78 is 6.35. The molecule has 0 amide bonds. The summed E-state index contributed by atoms with van der Waals surface area (Å²) in [6, 6.07) is 0. The van der Waals surface area contributed by atoms with Crippen molar-refractivity contribution in [3.63, 3.8) is 0 Å². The molecule has 0 aromatic rings. The van der Waals surface area contributed by atoms with Gasteiger partial charge >= 0.3 is 0 Å². The molecule has 7 atom stereocenters. The summed E-state index contributed by atoms with van der Waals surface area (Å²) in [6.45, 7) is 1.81. The van der Waals surface area contributed by atoms with Crippen molar-refractivity contribution in [2.75, 3.05) is 13.1 Å². The van der Waals surface area contributed by atoms with Crippen LogP contribution in [0.5, 0.6) is 0 Å². The van der Waals surface area contributed by atoms with Crippen molar-refractivity contribution < 1.29 is 9.38 Å². The molecule has 1 unspecified atom stereocenters. The van der Waals surface area contributed by atoms with Crippen LogP contribution in [-0.2, 0) is 4.74 Å². The van der Waals surface area contributed by atoms with Gasteiger partial charge < -0.3 is 14.6 Å². The zero-order valence-electron chi connectivity index (χ0n) is 11.5. The number of hydrogen-bond donors (Lipinski definition) is 1. The standard InChI is InChI=1S/C15H24N2O2/c18-17-9-2-4-10-11-5-1-6-12(19-13(10)17)15(11)7-3-8-16-14(15)17/h10-14,16H,1-9H2/t10-,11+,12+,13-,14-,15-,17?/m0/s1. The molecule has 4 heteroatoms. The predicted molar refractivity (Wildman–Crippen MR) is 70.7 cm³/mol. The van der Waals surface area contributed by atoms with Crippen molar-refractivity contribution in [3.8, 4) is 0 Å². The lowest BCUT2D eigenvalue weighted by Gasteiger charge is -2.76. The summed E-state index contributed by atoms with van der Waals surface area (Å²) >= 11 is 0. The first-order valence-corrected chi connectivity index (χ1v) is 8.24. The third-order valence-electron chi connectivity index (χ3n) is 7.00. The minimum atomic E-state index is -0.0579. The van der Waals surface area contributed by atoms with E-state index in [1.165, 1.54) is 38.5 Å². The van der Waals surface area contributed by atoms with Crippen molar-refractivity contribution in [1.29, 1.82) is 0 Å². The van der Waals surface area contributed by atoms with Crippen LogP contribution < -0.4 is 5.32 Å². The monoisotopic (exact) mass is 264 g/mol. The van der Waals surface area contributed by atoms with Gasteiger partial charge in [0.25, 0.3) is 0 Å². The van der Waals surface area contributed by atoms with E-state index in [4.69, 9.17) is 4.74 Å². The average molecular weight is 264 g/mol. The average Bonchev–Trinajstić information content (AvgIpc) is 2.40. The summed E-state index contributed by atoms with van der Waals surface area (Å²) in [6.07, 6.45) is 9.12. The van der Waals surface area contributed by atoms with Crippen LogP contribution in [0.15, 0.2) is 0 Å². The molecule has 5 aliphatic heterocycles. The van der Waals surface area contributed by atoms with Crippen LogP contribution in [0, 0.1) is 22.5 Å². The molecule has 1 saturated carbocycles. The highest BCUT2D eigenvalue weighted by atomic mass is 16.6. The van der Waals surface area contributed by atoms with Gasteiger partial charge in [-0.25, -0.2) is 0 Å². The van der Waals surface area contributed by atoms with Gasteiger partial charge in [-0.1, -0.05) is 6.42 Å². The van der Waals surface area contributed by atoms with Gasteiger partial charge in [-0.15, -0.1) is 0 Å². The Bertz CT molecular complexity index is 417. The maximum atomic E-state index is 13.5. The van der Waals surface area contributed by atoms with Gasteiger partial charge in [0.2, 0.25) is 0 Å². The number of piperidine rings is 3. The SMILES string of the molecule is [O-][N+]12CCC[C@H]3[C@H]4CCC[C@@H](O[C@@H]31)[C@]41CCCN[C@H]12. The van der Waals surface area contributed by atoms with Crippen LogP contribution >= 0.6 is 0 Å². The molecular weight excluding hydrogens is 240 g/mol. The van der Waals surface area contributed by atoms with Crippen LogP contribution in [0.4, 0.5) is 0 Å². The molecule has 0 aromatic carbocycles. The van der Waals surface area contributed by atoms with Crippen molar-refractivity contribution in [2.24, 2.45) is 17.3 Å². The molecule has 4 nitrogen and oxygen atoms in total. The molecular formula is C15H24N2O2. The first-order chi connectivity index (χ1) is 9.27. The zero-order valence-corrected chi connectivity index (χ0v) is 11.5. The minimum Gasteiger partial charge on any atom is -0.630 e. The number of rotatable bonds is 0. The molecule has 6 rings (SSSR count). The fourth-order valence-corrected chi connectivity index (χ4v) is 6.57. The number of hydroxylamine groups is 3. The zero-order chi connectivity index (χ0) is 12.7. The van der Waals surface area contributed by atoms with E-state index >= 15 is 0 Å². The smallest absolute Gasteiger partial charge is 0.197 e. The number of hydrogen-bond acceptors (Lipinski definition) is 3. The number of quaternary nitrogens is 1. The normalized spacial score (nSPS) is 62.7. The van der Waals surface area contributed by atoms with Crippen molar-refractivity contribution in [2.45, 2.75) is 63.4 Å². The summed E-state index contributed by atoms with van der Waals surface area (Å²) in [5.74, 6) is 1.32. The highest BCUT2D eigenvalue weighted by molar-refractivity contribution is 5.12. The van der Waals surface area contributed by atoms with Gasteiger partial charge in [0, 0.05) is 12.5 Å². The Labute approximate surface area is 114 Å². The second kappa shape index (κ2) is 3.53. The topological polar surface area (TPSA) is 44.3 Å². The van der Waals surface area contributed by atoms with E-state index in [0.29, 0.717) is 12.0 Å². The molecule has 5 heterocycles. The van der Waals surface area contributed by atoms with Crippen LogP contribution in [0.3, 0.4) is 0 Å². The van der Waals surface area contributed by atoms with Crippen molar-refractivity contribution in [1.82, 2.24) is 5.32 Å². The first kappa shape index (κ1) is 11.5. The van der Waals surface area contributed by atoms with Crippen molar-refractivity contribution in [3.05, 3.63) is 5.21 Å². The van der Waals surface area contributed by atoms with E-state index in [2.05, 4.69) is 5.32 Å². The van der Waals surface area contributed by atoms with E-state index in [0.717, 1.165) is 25.4 Å². The van der Waals surface area contributed by atoms with Gasteiger partial charge in [-0.2, -0.15) is 0 Å². The van der Waals surface area contributed by atoms with Crippen LogP contribution in [0.25, 0.3) is 0 Å². The van der Waals surface area contributed by atoms with Crippen molar-refractivity contribution >= 4 is 0 Å². The van der Waals surface area contributed by atoms with E-state index in [1.807, 2.05) is 0 Å². The number of ether oxygens (including phenoxy) is 1. The Morgan fingerprint density at radius 2 is 2.11 bits per heavy atom. The van der Waals surface area contributed by atoms with E-state index in [-0.39, 0.29) is 22.5 Å². The van der Waals surface area contributed by atoms with Gasteiger partial charge in [0.1, 0.15) is 0 Å². The molecule has 1 N–H and O–H groups in total. The first-order valence-electron chi connectivity index (χ1n) is 8.24. The Kier molecular flexibility index (Phi) is 2.14. The third kappa shape index (κ3) is 1.13. The molecule has 1 aliphatic carbocycles.